The maximum absolute atomic E-state index is 13.9. The molecule has 0 saturated carbocycles. The Morgan fingerprint density at radius 3 is 2.64 bits per heavy atom. The van der Waals surface area contributed by atoms with Crippen molar-refractivity contribution in [3.8, 4) is 5.88 Å². The van der Waals surface area contributed by atoms with Crippen LogP contribution in [0.3, 0.4) is 0 Å². The van der Waals surface area contributed by atoms with Gasteiger partial charge in [-0.1, -0.05) is 54.1 Å². The van der Waals surface area contributed by atoms with Gasteiger partial charge in [-0.05, 0) is 40.5 Å². The van der Waals surface area contributed by atoms with Crippen molar-refractivity contribution in [3.05, 3.63) is 85.7 Å². The number of halogens is 3. The van der Waals surface area contributed by atoms with Crippen molar-refractivity contribution in [1.82, 2.24) is 9.97 Å². The second-order valence-electron chi connectivity index (χ2n) is 7.22. The van der Waals surface area contributed by atoms with Crippen LogP contribution in [-0.4, -0.2) is 28.5 Å². The minimum atomic E-state index is -1.73. The number of aromatic nitrogens is 2. The van der Waals surface area contributed by atoms with E-state index in [2.05, 4.69) is 31.2 Å². The third-order valence-corrected chi connectivity index (χ3v) is 6.60. The van der Waals surface area contributed by atoms with Crippen LogP contribution in [0.15, 0.2) is 58.6 Å². The van der Waals surface area contributed by atoms with Gasteiger partial charge in [0.1, 0.15) is 21.9 Å². The highest BCUT2D eigenvalue weighted by Gasteiger charge is 2.61. The van der Waals surface area contributed by atoms with Gasteiger partial charge in [-0.3, -0.25) is 4.79 Å². The molecule has 0 bridgehead atoms. The van der Waals surface area contributed by atoms with Crippen molar-refractivity contribution in [1.29, 1.82) is 0 Å². The van der Waals surface area contributed by atoms with Gasteiger partial charge in [0.15, 0.2) is 0 Å². The van der Waals surface area contributed by atoms with Gasteiger partial charge in [0.2, 0.25) is 17.1 Å². The molecule has 3 heterocycles. The third kappa shape index (κ3) is 3.16. The molecule has 5 rings (SSSR count). The van der Waals surface area contributed by atoms with Crippen LogP contribution in [0.2, 0.25) is 10.4 Å². The van der Waals surface area contributed by atoms with Crippen LogP contribution in [-0.2, 0) is 19.7 Å². The number of esters is 1. The Kier molecular flexibility index (Phi) is 5.39. The van der Waals surface area contributed by atoms with Gasteiger partial charge in [0, 0.05) is 15.6 Å². The molecular formula is C23H14BrCl2N3O4. The highest BCUT2D eigenvalue weighted by molar-refractivity contribution is 9.10. The average molecular weight is 547 g/mol. The number of carbonyl (C=O) groups is 2. The van der Waals surface area contributed by atoms with Gasteiger partial charge >= 0.3 is 5.97 Å². The monoisotopic (exact) mass is 545 g/mol. The summed E-state index contributed by atoms with van der Waals surface area (Å²) in [7, 11) is 0. The van der Waals surface area contributed by atoms with Crippen LogP contribution in [0.25, 0.3) is 5.76 Å². The Bertz CT molecular complexity index is 1360. The zero-order valence-electron chi connectivity index (χ0n) is 17.0. The van der Waals surface area contributed by atoms with Crippen molar-refractivity contribution in [2.45, 2.75) is 12.3 Å². The molecule has 10 heteroatoms. The molecule has 0 fully saturated rings. The van der Waals surface area contributed by atoms with Crippen molar-refractivity contribution in [3.63, 3.8) is 0 Å². The van der Waals surface area contributed by atoms with Gasteiger partial charge < -0.3 is 14.8 Å². The van der Waals surface area contributed by atoms with Crippen molar-refractivity contribution >= 4 is 62.5 Å². The summed E-state index contributed by atoms with van der Waals surface area (Å²) >= 11 is 16.1. The number of amides is 1. The van der Waals surface area contributed by atoms with Crippen LogP contribution in [0, 0.1) is 0 Å². The smallest absolute Gasteiger partial charge is 0.339 e. The molecule has 166 valence electrons. The van der Waals surface area contributed by atoms with Gasteiger partial charge in [-0.25, -0.2) is 9.78 Å². The molecule has 1 atom stereocenters. The van der Waals surface area contributed by atoms with E-state index in [0.29, 0.717) is 21.3 Å². The highest BCUT2D eigenvalue weighted by Crippen LogP contribution is 2.57. The van der Waals surface area contributed by atoms with Crippen molar-refractivity contribution < 1.29 is 19.1 Å². The first-order valence-electron chi connectivity index (χ1n) is 9.88. The first-order chi connectivity index (χ1) is 15.9. The maximum Gasteiger partial charge on any atom is 0.339 e. The Hall–Kier alpha value is -2.94. The molecular weight excluding hydrogens is 533 g/mol. The number of hydrogen-bond donors (Lipinski definition) is 1. The zero-order chi connectivity index (χ0) is 23.3. The first kappa shape index (κ1) is 21.9. The molecule has 1 unspecified atom stereocenters. The minimum Gasteiger partial charge on any atom is -0.462 e. The molecule has 1 aromatic heterocycles. The third-order valence-electron chi connectivity index (χ3n) is 5.49. The summed E-state index contributed by atoms with van der Waals surface area (Å²) in [6, 6.07) is 14.2. The molecule has 1 amide bonds. The number of ether oxygens (including phenoxy) is 2. The lowest BCUT2D eigenvalue weighted by atomic mass is 9.68. The SMILES string of the molecule is CCOC(=O)C1=C(c2ccccc2)Oc2nc(Cl)nc(Cl)c2C12C(=O)Nc1c(Br)cccc12. The Morgan fingerprint density at radius 2 is 1.91 bits per heavy atom. The topological polar surface area (TPSA) is 90.4 Å². The molecule has 7 nitrogen and oxygen atoms in total. The van der Waals surface area contributed by atoms with Gasteiger partial charge in [-0.2, -0.15) is 4.98 Å². The number of rotatable bonds is 3. The lowest BCUT2D eigenvalue weighted by molar-refractivity contribution is -0.140. The highest BCUT2D eigenvalue weighted by atomic mass is 79.9. The van der Waals surface area contributed by atoms with E-state index < -0.39 is 17.3 Å². The summed E-state index contributed by atoms with van der Waals surface area (Å²) in [5.74, 6) is -1.14. The van der Waals surface area contributed by atoms with Gasteiger partial charge in [-0.15, -0.1) is 0 Å². The molecule has 33 heavy (non-hydrogen) atoms. The molecule has 0 radical (unpaired) electrons. The maximum atomic E-state index is 13.9. The summed E-state index contributed by atoms with van der Waals surface area (Å²) in [4.78, 5) is 35.6. The van der Waals surface area contributed by atoms with E-state index in [9.17, 15) is 9.59 Å². The number of hydrogen-bond acceptors (Lipinski definition) is 6. The van der Waals surface area contributed by atoms with E-state index in [4.69, 9.17) is 32.7 Å². The first-order valence-corrected chi connectivity index (χ1v) is 11.4. The summed E-state index contributed by atoms with van der Waals surface area (Å²) in [6.07, 6.45) is 0. The Morgan fingerprint density at radius 1 is 1.15 bits per heavy atom. The van der Waals surface area contributed by atoms with Crippen LogP contribution < -0.4 is 10.1 Å². The normalized spacial score (nSPS) is 18.5. The molecule has 2 aliphatic rings. The quantitative estimate of drug-likeness (QED) is 0.277. The summed E-state index contributed by atoms with van der Waals surface area (Å²) in [5, 5.41) is 2.61. The van der Waals surface area contributed by atoms with Crippen LogP contribution in [0.5, 0.6) is 5.88 Å². The van der Waals surface area contributed by atoms with E-state index in [-0.39, 0.29) is 39.8 Å². The molecule has 2 aromatic carbocycles. The second-order valence-corrected chi connectivity index (χ2v) is 8.77. The standard InChI is InChI=1S/C23H14BrCl2N3O4/c1-2-32-20(30)14-17(11-7-4-3-5-8-11)33-19-15(18(25)28-22(26)29-19)23(14)12-9-6-10-13(24)16(12)27-21(23)31/h3-10H,2H2,1H3,(H,27,31). The van der Waals surface area contributed by atoms with E-state index >= 15 is 0 Å². The van der Waals surface area contributed by atoms with E-state index in [1.807, 2.05) is 6.07 Å². The molecule has 0 aliphatic carbocycles. The summed E-state index contributed by atoms with van der Waals surface area (Å²) in [6.45, 7) is 1.77. The molecule has 1 spiro atoms. The number of benzene rings is 2. The number of anilines is 1. The summed E-state index contributed by atoms with van der Waals surface area (Å²) < 4.78 is 12.2. The number of fused-ring (bicyclic) bond motifs is 4. The van der Waals surface area contributed by atoms with E-state index in [1.54, 1.807) is 49.4 Å². The van der Waals surface area contributed by atoms with Crippen molar-refractivity contribution in [2.24, 2.45) is 0 Å². The zero-order valence-corrected chi connectivity index (χ0v) is 20.1. The Labute approximate surface area is 206 Å². The molecule has 0 saturated heterocycles. The second kappa shape index (κ2) is 8.13. The van der Waals surface area contributed by atoms with Crippen LogP contribution in [0.4, 0.5) is 5.69 Å². The largest absolute Gasteiger partial charge is 0.462 e. The lowest BCUT2D eigenvalue weighted by Crippen LogP contribution is -2.45. The fraction of sp³-hybridized carbons (Fsp3) is 0.130. The van der Waals surface area contributed by atoms with Gasteiger partial charge in [0.05, 0.1) is 17.9 Å². The van der Waals surface area contributed by atoms with Gasteiger partial charge in [0.25, 0.3) is 0 Å². The van der Waals surface area contributed by atoms with Crippen LogP contribution >= 0.6 is 39.1 Å². The molecule has 3 aromatic rings. The summed E-state index contributed by atoms with van der Waals surface area (Å²) in [5.41, 5.74) is -0.110. The Balaban J connectivity index is 1.97. The fourth-order valence-electron chi connectivity index (χ4n) is 4.25. The van der Waals surface area contributed by atoms with Crippen LogP contribution in [0.1, 0.15) is 23.6 Å². The number of nitrogens with one attached hydrogen (secondary N) is 1. The number of carbonyl (C=O) groups excluding carboxylic acids is 2. The minimum absolute atomic E-state index is 0.0186. The fourth-order valence-corrected chi connectivity index (χ4v) is 5.23. The number of para-hydroxylation sites is 1. The lowest BCUT2D eigenvalue weighted by Gasteiger charge is -2.36. The predicted molar refractivity (Wildman–Crippen MR) is 126 cm³/mol. The van der Waals surface area contributed by atoms with E-state index in [1.165, 1.54) is 0 Å². The average Bonchev–Trinajstić information content (AvgIpc) is 3.07. The van der Waals surface area contributed by atoms with E-state index in [0.717, 1.165) is 0 Å². The predicted octanol–water partition coefficient (Wildman–Crippen LogP) is 5.15. The number of nitrogens with zero attached hydrogens (tertiary/aromatic N) is 2. The molecule has 2 aliphatic heterocycles. The molecule has 1 N–H and O–H groups in total. The van der Waals surface area contributed by atoms with Crippen molar-refractivity contribution in [2.75, 3.05) is 11.9 Å².